The normalized spacial score (nSPS) is 14.8. The van der Waals surface area contributed by atoms with E-state index in [0.717, 1.165) is 0 Å². The number of rotatable bonds is 4. The van der Waals surface area contributed by atoms with Crippen LogP contribution in [0, 0.1) is 0 Å². The second kappa shape index (κ2) is 3.84. The Hall–Kier alpha value is 0.354. The molecule has 0 aromatic heterocycles. The first kappa shape index (κ1) is 13.4. The van der Waals surface area contributed by atoms with E-state index in [4.69, 9.17) is 8.85 Å². The van der Waals surface area contributed by atoms with Crippen LogP contribution in [-0.2, 0) is 8.85 Å². The Balaban J connectivity index is 4.95. The first-order chi connectivity index (χ1) is 5.62. The van der Waals surface area contributed by atoms with Crippen LogP contribution in [0.5, 0.6) is 0 Å². The van der Waals surface area contributed by atoms with Crippen LogP contribution in [0.2, 0.25) is 30.8 Å². The molecule has 0 bridgehead atoms. The molecule has 0 aliphatic carbocycles. The molecule has 0 saturated carbocycles. The van der Waals surface area contributed by atoms with Crippen LogP contribution < -0.4 is 0 Å². The first-order valence-corrected chi connectivity index (χ1v) is 10.5. The lowest BCUT2D eigenvalue weighted by Gasteiger charge is -2.46. The maximum Gasteiger partial charge on any atom is 0.191 e. The van der Waals surface area contributed by atoms with Crippen LogP contribution in [0.1, 0.15) is 13.8 Å². The Morgan fingerprint density at radius 3 is 1.15 bits per heavy atom. The third kappa shape index (κ3) is 2.23. The fourth-order valence-corrected chi connectivity index (χ4v) is 8.67. The lowest BCUT2D eigenvalue weighted by molar-refractivity contribution is 0.351. The second-order valence-electron chi connectivity index (χ2n) is 5.05. The zero-order valence-electron chi connectivity index (χ0n) is 10.3. The van der Waals surface area contributed by atoms with Gasteiger partial charge in [-0.05, 0) is 26.2 Å². The van der Waals surface area contributed by atoms with Gasteiger partial charge < -0.3 is 8.85 Å². The molecule has 0 aliphatic heterocycles. The molecular formula is C9H24O2Si2. The van der Waals surface area contributed by atoms with Crippen molar-refractivity contribution in [3.8, 4) is 0 Å². The fraction of sp³-hybridized carbons (Fsp3) is 1.00. The van der Waals surface area contributed by atoms with E-state index in [0.29, 0.717) is 0 Å². The Morgan fingerprint density at radius 2 is 1.00 bits per heavy atom. The summed E-state index contributed by atoms with van der Waals surface area (Å²) in [6.45, 7) is 13.6. The van der Waals surface area contributed by atoms with E-state index in [-0.39, 0.29) is 4.66 Å². The summed E-state index contributed by atoms with van der Waals surface area (Å²) in [5, 5.41) is 0. The maximum absolute atomic E-state index is 5.68. The zero-order chi connectivity index (χ0) is 10.9. The molecule has 0 amide bonds. The van der Waals surface area contributed by atoms with Gasteiger partial charge in [0.15, 0.2) is 16.6 Å². The smallest absolute Gasteiger partial charge is 0.191 e. The van der Waals surface area contributed by atoms with Crippen molar-refractivity contribution in [3.63, 3.8) is 0 Å². The molecule has 2 nitrogen and oxygen atoms in total. The van der Waals surface area contributed by atoms with Gasteiger partial charge in [-0.25, -0.2) is 0 Å². The van der Waals surface area contributed by atoms with E-state index in [9.17, 15) is 0 Å². The average Bonchev–Trinajstić information content (AvgIpc) is 2.03. The van der Waals surface area contributed by atoms with Gasteiger partial charge in [0.2, 0.25) is 0 Å². The van der Waals surface area contributed by atoms with Crippen LogP contribution in [0.3, 0.4) is 0 Å². The van der Waals surface area contributed by atoms with Crippen molar-refractivity contribution in [3.05, 3.63) is 0 Å². The van der Waals surface area contributed by atoms with Crippen molar-refractivity contribution in [1.29, 1.82) is 0 Å². The number of hydrogen-bond acceptors (Lipinski definition) is 2. The minimum Gasteiger partial charge on any atom is -0.420 e. The Labute approximate surface area is 84.9 Å². The molecule has 0 atom stereocenters. The molecular weight excluding hydrogens is 196 g/mol. The topological polar surface area (TPSA) is 18.5 Å². The molecule has 0 rings (SSSR count). The highest BCUT2D eigenvalue weighted by Crippen LogP contribution is 2.45. The SMILES string of the molecule is CO[Si](C)(C)C(C)(C)[Si](C)(C)OC. The summed E-state index contributed by atoms with van der Waals surface area (Å²) in [7, 11) is 0.406. The third-order valence-corrected chi connectivity index (χ3v) is 15.7. The average molecular weight is 220 g/mol. The minimum absolute atomic E-state index is 0.226. The van der Waals surface area contributed by atoms with Crippen molar-refractivity contribution >= 4 is 16.6 Å². The van der Waals surface area contributed by atoms with Crippen molar-refractivity contribution in [2.24, 2.45) is 0 Å². The summed E-state index contributed by atoms with van der Waals surface area (Å²) in [6, 6.07) is 0. The molecule has 0 unspecified atom stereocenters. The molecule has 0 aromatic carbocycles. The molecule has 0 N–H and O–H groups in total. The van der Waals surface area contributed by atoms with Crippen LogP contribution in [0.25, 0.3) is 0 Å². The molecule has 0 spiro atoms. The van der Waals surface area contributed by atoms with Crippen molar-refractivity contribution < 1.29 is 8.85 Å². The maximum atomic E-state index is 5.68. The van der Waals surface area contributed by atoms with Crippen LogP contribution in [0.4, 0.5) is 0 Å². The molecule has 0 fully saturated rings. The van der Waals surface area contributed by atoms with Gasteiger partial charge in [0.25, 0.3) is 0 Å². The summed E-state index contributed by atoms with van der Waals surface area (Å²) >= 11 is 0. The highest BCUT2D eigenvalue weighted by atomic mass is 28.4. The Morgan fingerprint density at radius 1 is 0.769 bits per heavy atom. The lowest BCUT2D eigenvalue weighted by Crippen LogP contribution is -2.56. The van der Waals surface area contributed by atoms with Crippen LogP contribution >= 0.6 is 0 Å². The monoisotopic (exact) mass is 220 g/mol. The van der Waals surface area contributed by atoms with Crippen molar-refractivity contribution in [2.45, 2.75) is 44.7 Å². The van der Waals surface area contributed by atoms with Gasteiger partial charge in [0.1, 0.15) is 0 Å². The summed E-state index contributed by atoms with van der Waals surface area (Å²) in [5.74, 6) is 0. The van der Waals surface area contributed by atoms with Gasteiger partial charge in [-0.3, -0.25) is 0 Å². The minimum atomic E-state index is -1.62. The van der Waals surface area contributed by atoms with E-state index in [2.05, 4.69) is 40.0 Å². The summed E-state index contributed by atoms with van der Waals surface area (Å²) in [6.07, 6.45) is 0. The molecule has 0 saturated heterocycles. The molecule has 0 radical (unpaired) electrons. The van der Waals surface area contributed by atoms with E-state index < -0.39 is 16.6 Å². The molecule has 0 aliphatic rings. The summed E-state index contributed by atoms with van der Waals surface area (Å²) < 4.78 is 11.6. The molecule has 0 heterocycles. The summed E-state index contributed by atoms with van der Waals surface area (Å²) in [5.41, 5.74) is 0. The largest absolute Gasteiger partial charge is 0.420 e. The van der Waals surface area contributed by atoms with E-state index in [1.165, 1.54) is 0 Å². The third-order valence-electron chi connectivity index (χ3n) is 4.03. The molecule has 0 aromatic rings. The van der Waals surface area contributed by atoms with Crippen LogP contribution in [0.15, 0.2) is 0 Å². The van der Waals surface area contributed by atoms with E-state index in [1.54, 1.807) is 0 Å². The predicted octanol–water partition coefficient (Wildman–Crippen LogP) is 3.01. The molecule has 13 heavy (non-hydrogen) atoms. The van der Waals surface area contributed by atoms with Gasteiger partial charge in [0.05, 0.1) is 0 Å². The number of hydrogen-bond donors (Lipinski definition) is 0. The van der Waals surface area contributed by atoms with E-state index in [1.807, 2.05) is 14.2 Å². The summed E-state index contributed by atoms with van der Waals surface area (Å²) in [4.78, 5) is 0. The molecule has 4 heteroatoms. The van der Waals surface area contributed by atoms with Crippen molar-refractivity contribution in [2.75, 3.05) is 14.2 Å². The second-order valence-corrected chi connectivity index (χ2v) is 14.9. The van der Waals surface area contributed by atoms with E-state index >= 15 is 0 Å². The molecule has 80 valence electrons. The fourth-order valence-electron chi connectivity index (χ4n) is 1.24. The lowest BCUT2D eigenvalue weighted by atomic mass is 10.5. The Bertz CT molecular complexity index is 158. The van der Waals surface area contributed by atoms with Crippen molar-refractivity contribution in [1.82, 2.24) is 0 Å². The van der Waals surface area contributed by atoms with Crippen LogP contribution in [-0.4, -0.2) is 30.9 Å². The first-order valence-electron chi connectivity index (χ1n) is 4.72. The standard InChI is InChI=1S/C9H24O2Si2/c1-9(2,12(5,6)10-3)13(7,8)11-4/h1-8H3. The Kier molecular flexibility index (Phi) is 3.95. The zero-order valence-corrected chi connectivity index (χ0v) is 12.3. The van der Waals surface area contributed by atoms with Gasteiger partial charge >= 0.3 is 0 Å². The van der Waals surface area contributed by atoms with Gasteiger partial charge in [0, 0.05) is 18.9 Å². The highest BCUT2D eigenvalue weighted by Gasteiger charge is 2.52. The quantitative estimate of drug-likeness (QED) is 0.678. The predicted molar refractivity (Wildman–Crippen MR) is 63.0 cm³/mol. The van der Waals surface area contributed by atoms with Gasteiger partial charge in [-0.1, -0.05) is 13.8 Å². The highest BCUT2D eigenvalue weighted by molar-refractivity contribution is 6.94. The van der Waals surface area contributed by atoms with Gasteiger partial charge in [-0.2, -0.15) is 0 Å². The van der Waals surface area contributed by atoms with Gasteiger partial charge in [-0.15, -0.1) is 0 Å².